The molecule has 4 aromatic rings. The number of carbonyl (C=O) groups excluding carboxylic acids is 2. The van der Waals surface area contributed by atoms with Gasteiger partial charge >= 0.3 is 20.4 Å². The van der Waals surface area contributed by atoms with E-state index < -0.39 is 0 Å². The second-order valence-electron chi connectivity index (χ2n) is 19.6. The third-order valence-electron chi connectivity index (χ3n) is 13.7. The number of amides is 2. The van der Waals surface area contributed by atoms with E-state index in [4.69, 9.17) is 4.35 Å². The van der Waals surface area contributed by atoms with Crippen LogP contribution in [-0.4, -0.2) is 36.3 Å². The van der Waals surface area contributed by atoms with E-state index in [2.05, 4.69) is 138 Å². The van der Waals surface area contributed by atoms with Gasteiger partial charge in [0.05, 0.1) is 0 Å². The Morgan fingerprint density at radius 2 is 0.648 bits per heavy atom. The van der Waals surface area contributed by atoms with E-state index in [1.54, 1.807) is 21.0 Å². The van der Waals surface area contributed by atoms with Crippen LogP contribution in [0.3, 0.4) is 0 Å². The molecule has 71 heavy (non-hydrogen) atoms. The minimum atomic E-state index is -0.0950. The molecule has 4 aromatic carbocycles. The van der Waals surface area contributed by atoms with Crippen LogP contribution in [0.4, 0.5) is 22.7 Å². The molecule has 0 aliphatic heterocycles. The van der Waals surface area contributed by atoms with Gasteiger partial charge in [-0.25, -0.2) is 0 Å². The topological polar surface area (TPSA) is 64.5 Å². The molecule has 1 atom stereocenters. The zero-order chi connectivity index (χ0) is 51.0. The number of benzene rings is 4. The summed E-state index contributed by atoms with van der Waals surface area (Å²) in [5.74, 6) is 0.0859. The molecule has 0 saturated carbocycles. The first-order chi connectivity index (χ1) is 34.3. The molecule has 1 N–H and O–H groups in total. The monoisotopic (exact) mass is 978 g/mol. The Morgan fingerprint density at radius 1 is 0.423 bits per heavy atom. The van der Waals surface area contributed by atoms with Crippen LogP contribution < -0.4 is 9.80 Å². The predicted molar refractivity (Wildman–Crippen MR) is 312 cm³/mol. The third-order valence-corrected chi connectivity index (χ3v) is 13.7. The van der Waals surface area contributed by atoms with Crippen LogP contribution in [0.15, 0.2) is 110 Å². The predicted octanol–water partition coefficient (Wildman–Crippen LogP) is 19.1. The Kier molecular flexibility index (Phi) is 38.9. The molecule has 5 nitrogen and oxygen atoms in total. The van der Waals surface area contributed by atoms with E-state index in [1.807, 2.05) is 11.8 Å². The van der Waals surface area contributed by atoms with Gasteiger partial charge in [-0.1, -0.05) is 225 Å². The maximum atomic E-state index is 13.4. The second-order valence-corrected chi connectivity index (χ2v) is 19.6. The SMILES string of the molecule is C=CC(=O)N(c1ccc(CCCCCCCC)cc1)c1ccc(CCCCCCCC)cc1.CCCCCCCCc1ccc(N(C(=O)C(C)CC)c2ccc(CCCCCCCC)cc2)cc1.[B].[NH]=[Al]. The fourth-order valence-corrected chi connectivity index (χ4v) is 8.98. The number of rotatable bonds is 35. The minimum absolute atomic E-state index is 0. The molecule has 0 aliphatic carbocycles. The molecule has 0 bridgehead atoms. The fourth-order valence-electron chi connectivity index (χ4n) is 8.98. The van der Waals surface area contributed by atoms with E-state index >= 15 is 0 Å². The summed E-state index contributed by atoms with van der Waals surface area (Å²) >= 11 is 1.67. The van der Waals surface area contributed by atoms with Crippen LogP contribution in [0.1, 0.15) is 224 Å². The van der Waals surface area contributed by atoms with Crippen LogP contribution in [0.2, 0.25) is 0 Å². The van der Waals surface area contributed by atoms with Crippen LogP contribution in [-0.2, 0) is 35.3 Å². The van der Waals surface area contributed by atoms with Gasteiger partial charge in [-0.05, 0) is 135 Å². The molecule has 4 radical (unpaired) electrons. The molecule has 386 valence electrons. The number of aryl methyl sites for hydroxylation is 4. The Balaban J connectivity index is 0.000000678. The van der Waals surface area contributed by atoms with E-state index in [9.17, 15) is 9.59 Å². The average Bonchev–Trinajstić information content (AvgIpc) is 3.40. The third kappa shape index (κ3) is 27.0. The number of hydrogen-bond acceptors (Lipinski definition) is 3. The van der Waals surface area contributed by atoms with Crippen molar-refractivity contribution >= 4 is 59.1 Å². The van der Waals surface area contributed by atoms with Crippen molar-refractivity contribution in [1.82, 2.24) is 0 Å². The van der Waals surface area contributed by atoms with E-state index in [-0.39, 0.29) is 26.1 Å². The summed E-state index contributed by atoms with van der Waals surface area (Å²) in [5, 5.41) is 0. The fraction of sp³-hybridized carbons (Fsp3) is 0.562. The van der Waals surface area contributed by atoms with Crippen molar-refractivity contribution in [2.75, 3.05) is 9.80 Å². The molecular weight excluding hydrogens is 881 g/mol. The van der Waals surface area contributed by atoms with Crippen molar-refractivity contribution in [1.29, 1.82) is 4.35 Å². The van der Waals surface area contributed by atoms with Crippen LogP contribution >= 0.6 is 0 Å². The van der Waals surface area contributed by atoms with Gasteiger partial charge in [0.15, 0.2) is 0 Å². The molecule has 0 aliphatic rings. The molecule has 0 aromatic heterocycles. The molecule has 2 amide bonds. The summed E-state index contributed by atoms with van der Waals surface area (Å²) < 4.78 is 5.67. The van der Waals surface area contributed by atoms with Gasteiger partial charge in [-0.15, -0.1) is 0 Å². The molecule has 4 rings (SSSR count). The van der Waals surface area contributed by atoms with Crippen molar-refractivity contribution in [3.63, 3.8) is 0 Å². The summed E-state index contributed by atoms with van der Waals surface area (Å²) in [5.41, 5.74) is 9.18. The van der Waals surface area contributed by atoms with Crippen LogP contribution in [0.25, 0.3) is 0 Å². The van der Waals surface area contributed by atoms with Crippen LogP contribution in [0, 0.1) is 10.3 Å². The zero-order valence-electron chi connectivity index (χ0n) is 46.0. The van der Waals surface area contributed by atoms with Crippen molar-refractivity contribution < 1.29 is 9.59 Å². The number of unbranched alkanes of at least 4 members (excludes halogenated alkanes) is 20. The molecule has 0 heterocycles. The summed E-state index contributed by atoms with van der Waals surface area (Å²) in [7, 11) is 0. The quantitative estimate of drug-likeness (QED) is 0.0284. The van der Waals surface area contributed by atoms with Gasteiger partial charge in [0, 0.05) is 37.1 Å². The Hall–Kier alpha value is -4.04. The normalized spacial score (nSPS) is 11.0. The van der Waals surface area contributed by atoms with Crippen molar-refractivity contribution in [3.8, 4) is 0 Å². The average molecular weight is 978 g/mol. The summed E-state index contributed by atoms with van der Waals surface area (Å²) in [6.07, 6.45) is 38.3. The maximum absolute atomic E-state index is 13.4. The van der Waals surface area contributed by atoms with Crippen LogP contribution in [0.5, 0.6) is 0 Å². The van der Waals surface area contributed by atoms with Gasteiger partial charge in [-0.2, -0.15) is 0 Å². The van der Waals surface area contributed by atoms with Crippen molar-refractivity contribution in [2.24, 2.45) is 5.92 Å². The molecule has 0 spiro atoms. The first-order valence-electron chi connectivity index (χ1n) is 28.2. The second kappa shape index (κ2) is 42.5. The number of anilines is 4. The van der Waals surface area contributed by atoms with Crippen molar-refractivity contribution in [2.45, 2.75) is 228 Å². The number of nitrogens with one attached hydrogen (secondary N) is 1. The van der Waals surface area contributed by atoms with E-state index in [0.717, 1.165) is 54.9 Å². The van der Waals surface area contributed by atoms with Crippen molar-refractivity contribution in [3.05, 3.63) is 132 Å². The van der Waals surface area contributed by atoms with Gasteiger partial charge < -0.3 is 0 Å². The number of carbonyl (C=O) groups is 2. The number of hydrogen-bond donors (Lipinski definition) is 1. The van der Waals surface area contributed by atoms with Gasteiger partial charge in [0.2, 0.25) is 5.91 Å². The standard InChI is InChI=1S/C33H51NO.C31H45NO.Al.B.HN/c1-5-8-10-12-14-16-18-29-20-24-31(25-21-29)34(33(35)28(4)7-3)32-26-22-30(23-27-32)19-17-15-13-11-9-6-2;1-4-7-9-11-13-15-17-27-19-23-29(24-20-27)32(31(33)6-3)30-25-21-28(22-26-30)18-16-14-12-10-8-5-2;;;/h20-28H,5-19H2,1-4H3;6,19-26H,3-5,7-18H2,1-2H3;;;1H. The summed E-state index contributed by atoms with van der Waals surface area (Å²) in [6.45, 7) is 16.9. The molecule has 0 fully saturated rings. The molecule has 0 saturated heterocycles. The van der Waals surface area contributed by atoms with E-state index in [1.165, 1.54) is 182 Å². The zero-order valence-corrected chi connectivity index (χ0v) is 47.1. The Labute approximate surface area is 446 Å². The summed E-state index contributed by atoms with van der Waals surface area (Å²) in [4.78, 5) is 29.7. The Morgan fingerprint density at radius 3 is 0.873 bits per heavy atom. The number of nitrogens with zero attached hydrogens (tertiary/aromatic N) is 2. The Bertz CT molecular complexity index is 1800. The summed E-state index contributed by atoms with van der Waals surface area (Å²) in [6, 6.07) is 34.3. The van der Waals surface area contributed by atoms with Gasteiger partial charge in [-0.3, -0.25) is 19.4 Å². The van der Waals surface area contributed by atoms with Gasteiger partial charge in [0.25, 0.3) is 5.91 Å². The molecular formula is C64H97AlBN3O2. The molecule has 1 unspecified atom stereocenters. The van der Waals surface area contributed by atoms with Gasteiger partial charge in [0.1, 0.15) is 0 Å². The van der Waals surface area contributed by atoms with E-state index in [0.29, 0.717) is 0 Å². The first kappa shape index (κ1) is 65.0. The molecule has 7 heteroatoms. The first-order valence-corrected chi connectivity index (χ1v) is 28.8.